The molecule has 0 radical (unpaired) electrons. The van der Waals surface area contributed by atoms with Crippen LogP contribution in [0.5, 0.6) is 11.5 Å². The Morgan fingerprint density at radius 1 is 0.250 bits per heavy atom. The molecule has 6 aliphatic heterocycles. The van der Waals surface area contributed by atoms with Crippen LogP contribution < -0.4 is 93.5 Å². The molecule has 0 aromatic heterocycles. The zero-order chi connectivity index (χ0) is 73.1. The molecular weight excluding hydrogens is 1310 g/mol. The number of anilines is 20. The molecule has 0 fully saturated rings. The van der Waals surface area contributed by atoms with Gasteiger partial charge in [-0.3, -0.25) is 0 Å². The molecule has 520 valence electrons. The van der Waals surface area contributed by atoms with Gasteiger partial charge in [0.25, 0.3) is 20.1 Å². The summed E-state index contributed by atoms with van der Waals surface area (Å²) in [5.74, 6) is 1.73. The van der Waals surface area contributed by atoms with Gasteiger partial charge in [-0.1, -0.05) is 176 Å². The minimum absolute atomic E-state index is 0.166. The van der Waals surface area contributed by atoms with E-state index in [2.05, 4.69) is 423 Å². The SMILES string of the molecule is CC(C)(C)N1c2cc3c(cc2B2c4cc5c(cc4Nc4cc(N(c6ccccc6)c6ccccc6)cc1c42)N(C(C)(C)C)c1cc(N(c2ccccc2)c2ccccc2)cc2c1B5c1ccccc1O2)B1c2ccccc2N(c2ccccc2)c2cc(N(c4ccccc4)c4ccccc4)cc(c21)N3C(C)(C)C. The molecule has 0 atom stereocenters. The Labute approximate surface area is 635 Å². The van der Waals surface area contributed by atoms with E-state index in [4.69, 9.17) is 4.74 Å². The predicted octanol–water partition coefficient (Wildman–Crippen LogP) is 19.3. The Balaban J connectivity index is 0.875. The number of fused-ring (bicyclic) bond motifs is 12. The van der Waals surface area contributed by atoms with Crippen LogP contribution in [0.1, 0.15) is 62.3 Å². The summed E-state index contributed by atoms with van der Waals surface area (Å²) in [7, 11) is 0. The van der Waals surface area contributed by atoms with Crippen LogP contribution in [-0.2, 0) is 0 Å². The van der Waals surface area contributed by atoms with Crippen LogP contribution >= 0.6 is 0 Å². The van der Waals surface area contributed by atoms with E-state index in [0.29, 0.717) is 0 Å². The van der Waals surface area contributed by atoms with Crippen LogP contribution in [0.2, 0.25) is 0 Å². The topological polar surface area (TPSA) is 43.9 Å². The first-order valence-corrected chi connectivity index (χ1v) is 38.0. The number of hydrogen-bond donors (Lipinski definition) is 1. The summed E-state index contributed by atoms with van der Waals surface area (Å²) in [6, 6.07) is 119. The van der Waals surface area contributed by atoms with Crippen molar-refractivity contribution in [2.24, 2.45) is 0 Å². The average molecular weight is 1400 g/mol. The van der Waals surface area contributed by atoms with Crippen molar-refractivity contribution in [1.82, 2.24) is 0 Å². The van der Waals surface area contributed by atoms with E-state index in [0.717, 1.165) is 102 Å². The van der Waals surface area contributed by atoms with Crippen LogP contribution in [0.4, 0.5) is 114 Å². The number of nitrogens with zero attached hydrogens (tertiary/aromatic N) is 7. The number of rotatable bonds is 10. The van der Waals surface area contributed by atoms with E-state index in [1.807, 2.05) is 0 Å². The second kappa shape index (κ2) is 24.5. The number of benzene rings is 14. The fourth-order valence-corrected chi connectivity index (χ4v) is 18.7. The fourth-order valence-electron chi connectivity index (χ4n) is 18.7. The standard InChI is InChI=1S/C96H81B3N8O/c1-94(2,3)105-82-61-79-75(59-76(82)98-74-50-32-34-52-89(74)108-90-58-72(57-88(105)93(90)98)103(67-43-25-14-26-44-67)68-45-27-15-28-46-68)99-78-60-77-83(62-84(78)106(95(4,5)6)86-55-70(53-80(100-79)91(86)99)101(63-35-17-10-18-36-63)64-37-19-11-20-38-64)107(96(7,8)9)87-56-71(102(65-39-21-12-22-40-65)66-41-23-13-24-42-66)54-85-92(87)97(77)73-49-31-33-51-81(73)104(85)69-47-29-16-30-48-69/h10-62,100H,1-9H3. The Hall–Kier alpha value is -12.5. The van der Waals surface area contributed by atoms with Gasteiger partial charge < -0.3 is 44.4 Å². The third-order valence-corrected chi connectivity index (χ3v) is 22.6. The van der Waals surface area contributed by atoms with Gasteiger partial charge in [0.2, 0.25) is 0 Å². The smallest absolute Gasteiger partial charge is 0.256 e. The molecule has 1 N–H and O–H groups in total. The molecule has 6 heterocycles. The summed E-state index contributed by atoms with van der Waals surface area (Å²) in [5.41, 5.74) is 32.1. The molecule has 14 aromatic rings. The summed E-state index contributed by atoms with van der Waals surface area (Å²) in [5, 5.41) is 4.36. The monoisotopic (exact) mass is 1390 g/mol. The maximum absolute atomic E-state index is 7.35. The van der Waals surface area contributed by atoms with E-state index in [9.17, 15) is 0 Å². The van der Waals surface area contributed by atoms with Crippen LogP contribution in [0.15, 0.2) is 322 Å². The summed E-state index contributed by atoms with van der Waals surface area (Å²) in [6.45, 7) is 20.9. The highest BCUT2D eigenvalue weighted by atomic mass is 16.5. The van der Waals surface area contributed by atoms with Gasteiger partial charge in [0.1, 0.15) is 11.5 Å². The van der Waals surface area contributed by atoms with Gasteiger partial charge in [-0.05, 0) is 251 Å². The van der Waals surface area contributed by atoms with E-state index < -0.39 is 16.6 Å². The van der Waals surface area contributed by atoms with E-state index >= 15 is 0 Å². The molecule has 0 saturated carbocycles. The zero-order valence-electron chi connectivity index (χ0n) is 62.4. The van der Waals surface area contributed by atoms with Gasteiger partial charge in [0.15, 0.2) is 0 Å². The van der Waals surface area contributed by atoms with Crippen LogP contribution in [-0.4, -0.2) is 36.8 Å². The van der Waals surface area contributed by atoms with Crippen LogP contribution in [0.3, 0.4) is 0 Å². The highest BCUT2D eigenvalue weighted by Gasteiger charge is 2.52. The third kappa shape index (κ3) is 10.2. The lowest BCUT2D eigenvalue weighted by Gasteiger charge is -2.51. The van der Waals surface area contributed by atoms with Crippen molar-refractivity contribution < 1.29 is 4.74 Å². The normalized spacial score (nSPS) is 13.8. The minimum atomic E-state index is -0.450. The van der Waals surface area contributed by atoms with Crippen molar-refractivity contribution in [3.63, 3.8) is 0 Å². The van der Waals surface area contributed by atoms with Gasteiger partial charge in [-0.15, -0.1) is 0 Å². The first-order valence-electron chi connectivity index (χ1n) is 38.0. The van der Waals surface area contributed by atoms with Crippen molar-refractivity contribution in [3.05, 3.63) is 322 Å². The molecule has 14 aromatic carbocycles. The zero-order valence-corrected chi connectivity index (χ0v) is 62.4. The van der Waals surface area contributed by atoms with Crippen molar-refractivity contribution in [1.29, 1.82) is 0 Å². The van der Waals surface area contributed by atoms with Crippen LogP contribution in [0, 0.1) is 0 Å². The fraction of sp³-hybridized carbons (Fsp3) is 0.125. The first-order chi connectivity index (χ1) is 52.5. The van der Waals surface area contributed by atoms with Gasteiger partial charge in [0.05, 0.1) is 17.1 Å². The molecule has 12 heteroatoms. The minimum Gasteiger partial charge on any atom is -0.458 e. The summed E-state index contributed by atoms with van der Waals surface area (Å²) >= 11 is 0. The Kier molecular flexibility index (Phi) is 14.8. The van der Waals surface area contributed by atoms with Crippen molar-refractivity contribution >= 4 is 183 Å². The second-order valence-corrected chi connectivity index (χ2v) is 32.5. The van der Waals surface area contributed by atoms with Crippen molar-refractivity contribution in [3.8, 4) is 11.5 Å². The lowest BCUT2D eigenvalue weighted by Crippen LogP contribution is -2.68. The van der Waals surface area contributed by atoms with E-state index in [1.165, 1.54) is 72.1 Å². The van der Waals surface area contributed by atoms with Gasteiger partial charge >= 0.3 is 0 Å². The largest absolute Gasteiger partial charge is 0.458 e. The molecule has 9 nitrogen and oxygen atoms in total. The quantitative estimate of drug-likeness (QED) is 0.135. The molecule has 0 saturated heterocycles. The van der Waals surface area contributed by atoms with Crippen molar-refractivity contribution in [2.45, 2.75) is 78.9 Å². The second-order valence-electron chi connectivity index (χ2n) is 32.5. The molecule has 0 bridgehead atoms. The Morgan fingerprint density at radius 2 is 0.602 bits per heavy atom. The lowest BCUT2D eigenvalue weighted by atomic mass is 9.29. The van der Waals surface area contributed by atoms with Crippen molar-refractivity contribution in [2.75, 3.05) is 39.6 Å². The molecule has 0 unspecified atom stereocenters. The molecule has 20 rings (SSSR count). The third-order valence-electron chi connectivity index (χ3n) is 22.6. The van der Waals surface area contributed by atoms with Crippen LogP contribution in [0.25, 0.3) is 0 Å². The lowest BCUT2D eigenvalue weighted by molar-refractivity contribution is 0.486. The summed E-state index contributed by atoms with van der Waals surface area (Å²) < 4.78 is 7.35. The van der Waals surface area contributed by atoms with Gasteiger partial charge in [0, 0.05) is 119 Å². The van der Waals surface area contributed by atoms with Gasteiger partial charge in [-0.25, -0.2) is 0 Å². The number of hydrogen-bond acceptors (Lipinski definition) is 9. The average Bonchev–Trinajstić information content (AvgIpc) is 0.684. The highest BCUT2D eigenvalue weighted by molar-refractivity contribution is 7.04. The highest BCUT2D eigenvalue weighted by Crippen LogP contribution is 2.53. The molecular formula is C96H81B3N8O. The molecule has 0 spiro atoms. The molecule has 108 heavy (non-hydrogen) atoms. The Bertz CT molecular complexity index is 5770. The number of ether oxygens (including phenoxy) is 1. The Morgan fingerprint density at radius 3 is 1.07 bits per heavy atom. The molecule has 0 aliphatic carbocycles. The van der Waals surface area contributed by atoms with Gasteiger partial charge in [-0.2, -0.15) is 0 Å². The first kappa shape index (κ1) is 65.0. The maximum Gasteiger partial charge on any atom is 0.256 e. The summed E-state index contributed by atoms with van der Waals surface area (Å²) in [6.07, 6.45) is 0. The van der Waals surface area contributed by atoms with E-state index in [-0.39, 0.29) is 20.1 Å². The molecule has 6 aliphatic rings. The number of nitrogens with one attached hydrogen (secondary N) is 1. The van der Waals surface area contributed by atoms with E-state index in [1.54, 1.807) is 0 Å². The molecule has 0 amide bonds. The summed E-state index contributed by atoms with van der Waals surface area (Å²) in [4.78, 5) is 17.8. The number of para-hydroxylation sites is 9. The predicted molar refractivity (Wildman–Crippen MR) is 460 cm³/mol. The maximum atomic E-state index is 7.35.